The summed E-state index contributed by atoms with van der Waals surface area (Å²) in [5.74, 6) is 0. The Labute approximate surface area is 88.9 Å². The van der Waals surface area contributed by atoms with Crippen LogP contribution < -0.4 is 9.59 Å². The quantitative estimate of drug-likeness (QED) is 0.323. The van der Waals surface area contributed by atoms with Crippen molar-refractivity contribution in [3.63, 3.8) is 0 Å². The van der Waals surface area contributed by atoms with E-state index in [-0.39, 0.29) is 67.3 Å². The van der Waals surface area contributed by atoms with E-state index in [2.05, 4.69) is 0 Å². The Hall–Kier alpha value is 1.88. The summed E-state index contributed by atoms with van der Waals surface area (Å²) in [5.41, 5.74) is 0. The second-order valence-corrected chi connectivity index (χ2v) is 0.750. The van der Waals surface area contributed by atoms with Crippen molar-refractivity contribution in [1.29, 1.82) is 0 Å². The molecule has 0 aliphatic heterocycles. The van der Waals surface area contributed by atoms with Crippen molar-refractivity contribution in [2.24, 2.45) is 0 Å². The van der Waals surface area contributed by atoms with Crippen LogP contribution in [0.5, 0.6) is 0 Å². The molecule has 0 aliphatic carbocycles. The number of hydrogen-bond donors (Lipinski definition) is 0. The molecular formula is HCaNaO3Si. The van der Waals surface area contributed by atoms with Gasteiger partial charge in [-0.1, -0.05) is 0 Å². The molecule has 0 rings (SSSR count). The van der Waals surface area contributed by atoms with Gasteiger partial charge in [-0.2, -0.15) is 0 Å². The van der Waals surface area contributed by atoms with E-state index in [1.54, 1.807) is 0 Å². The van der Waals surface area contributed by atoms with Crippen LogP contribution in [0.3, 0.4) is 0 Å². The maximum atomic E-state index is 8.52. The van der Waals surface area contributed by atoms with E-state index >= 15 is 0 Å². The Kier molecular flexibility index (Phi) is 26.1. The van der Waals surface area contributed by atoms with E-state index in [0.29, 0.717) is 0 Å². The SMILES string of the molecule is O=[Si]([O-])[O-].[Ca+2].[NaH]. The first-order chi connectivity index (χ1) is 1.73. The fourth-order valence-corrected chi connectivity index (χ4v) is 0. The topological polar surface area (TPSA) is 63.2 Å². The summed E-state index contributed by atoms with van der Waals surface area (Å²) in [5, 5.41) is 0. The van der Waals surface area contributed by atoms with Crippen LogP contribution >= 0.6 is 0 Å². The van der Waals surface area contributed by atoms with E-state index in [1.165, 1.54) is 0 Å². The van der Waals surface area contributed by atoms with Gasteiger partial charge < -0.3 is 14.1 Å². The first kappa shape index (κ1) is 15.7. The minimum atomic E-state index is -3.63. The van der Waals surface area contributed by atoms with Gasteiger partial charge in [0.1, 0.15) is 0 Å². The van der Waals surface area contributed by atoms with Crippen molar-refractivity contribution in [2.45, 2.75) is 0 Å². The summed E-state index contributed by atoms with van der Waals surface area (Å²) in [7, 11) is -3.63. The summed E-state index contributed by atoms with van der Waals surface area (Å²) < 4.78 is 8.52. The Morgan fingerprint density at radius 1 is 1.33 bits per heavy atom. The molecular weight excluding hydrogens is 139 g/mol. The first-order valence-electron chi connectivity index (χ1n) is 0.612. The standard InChI is InChI=1S/Ca.Na.O3Si.H/c;;1-4(2)3;/q+2;;-2;. The summed E-state index contributed by atoms with van der Waals surface area (Å²) in [6.07, 6.45) is 0. The molecule has 0 aromatic heterocycles. The molecule has 0 amide bonds. The third-order valence-corrected chi connectivity index (χ3v) is 0. The fourth-order valence-electron chi connectivity index (χ4n) is 0. The minimum absolute atomic E-state index is 0. The second-order valence-electron chi connectivity index (χ2n) is 0.250. The zero-order valence-corrected chi connectivity index (χ0v) is 5.64. The fraction of sp³-hybridized carbons (Fsp3) is 0. The van der Waals surface area contributed by atoms with Crippen LogP contribution in [0.4, 0.5) is 0 Å². The van der Waals surface area contributed by atoms with Gasteiger partial charge in [0.05, 0.1) is 0 Å². The van der Waals surface area contributed by atoms with Crippen LogP contribution in [-0.2, 0) is 4.46 Å². The van der Waals surface area contributed by atoms with Crippen LogP contribution in [-0.4, -0.2) is 76.5 Å². The average Bonchev–Trinajstić information content (AvgIpc) is 0.811. The van der Waals surface area contributed by atoms with Crippen LogP contribution in [0.1, 0.15) is 0 Å². The molecule has 0 fully saturated rings. The molecule has 0 unspecified atom stereocenters. The molecule has 0 saturated heterocycles. The molecule has 0 radical (unpaired) electrons. The van der Waals surface area contributed by atoms with Crippen molar-refractivity contribution in [1.82, 2.24) is 0 Å². The van der Waals surface area contributed by atoms with E-state index < -0.39 is 9.17 Å². The Bertz CT molecular complexity index is 33.8. The molecule has 26 valence electrons. The average molecular weight is 140 g/mol. The van der Waals surface area contributed by atoms with Gasteiger partial charge >= 0.3 is 67.3 Å². The van der Waals surface area contributed by atoms with Crippen molar-refractivity contribution in [3.05, 3.63) is 0 Å². The van der Waals surface area contributed by atoms with E-state index in [0.717, 1.165) is 0 Å². The molecule has 0 saturated carbocycles. The predicted molar refractivity (Wildman–Crippen MR) is 19.3 cm³/mol. The summed E-state index contributed by atoms with van der Waals surface area (Å²) in [4.78, 5) is 17.0. The zero-order valence-electron chi connectivity index (χ0n) is 2.43. The molecule has 0 atom stereocenters. The molecule has 6 heavy (non-hydrogen) atoms. The normalized spacial score (nSPS) is 4.00. The first-order valence-corrected chi connectivity index (χ1v) is 1.84. The number of hydrogen-bond acceptors (Lipinski definition) is 3. The van der Waals surface area contributed by atoms with Gasteiger partial charge in [0.25, 0.3) is 0 Å². The van der Waals surface area contributed by atoms with Crippen LogP contribution in [0.15, 0.2) is 0 Å². The van der Waals surface area contributed by atoms with Gasteiger partial charge in [-0.3, -0.25) is 0 Å². The van der Waals surface area contributed by atoms with Crippen molar-refractivity contribution >= 4 is 76.5 Å². The van der Waals surface area contributed by atoms with Crippen LogP contribution in [0, 0.1) is 0 Å². The third-order valence-electron chi connectivity index (χ3n) is 0. The molecule has 0 aliphatic rings. The van der Waals surface area contributed by atoms with Gasteiger partial charge in [-0.15, -0.1) is 0 Å². The summed E-state index contributed by atoms with van der Waals surface area (Å²) in [6.45, 7) is 0. The number of rotatable bonds is 0. The predicted octanol–water partition coefficient (Wildman–Crippen LogP) is -3.91. The molecule has 0 aromatic rings. The monoisotopic (exact) mass is 140 g/mol. The summed E-state index contributed by atoms with van der Waals surface area (Å²) in [6, 6.07) is 0. The van der Waals surface area contributed by atoms with Crippen LogP contribution in [0.25, 0.3) is 0 Å². The Morgan fingerprint density at radius 3 is 1.33 bits per heavy atom. The van der Waals surface area contributed by atoms with Crippen LogP contribution in [0.2, 0.25) is 0 Å². The molecule has 0 spiro atoms. The van der Waals surface area contributed by atoms with Gasteiger partial charge in [0, 0.05) is 9.17 Å². The molecule has 0 N–H and O–H groups in total. The second kappa shape index (κ2) is 9.99. The van der Waals surface area contributed by atoms with Gasteiger partial charge in [0.2, 0.25) is 0 Å². The van der Waals surface area contributed by atoms with E-state index in [4.69, 9.17) is 14.1 Å². The van der Waals surface area contributed by atoms with Gasteiger partial charge in [-0.05, 0) is 0 Å². The Morgan fingerprint density at radius 2 is 1.33 bits per heavy atom. The molecule has 0 bridgehead atoms. The van der Waals surface area contributed by atoms with Gasteiger partial charge in [-0.25, -0.2) is 0 Å². The van der Waals surface area contributed by atoms with E-state index in [1.807, 2.05) is 0 Å². The molecule has 3 nitrogen and oxygen atoms in total. The summed E-state index contributed by atoms with van der Waals surface area (Å²) >= 11 is 0. The molecule has 6 heteroatoms. The van der Waals surface area contributed by atoms with E-state index in [9.17, 15) is 0 Å². The van der Waals surface area contributed by atoms with Gasteiger partial charge in [0.15, 0.2) is 0 Å². The maximum absolute atomic E-state index is 8.52. The zero-order chi connectivity index (χ0) is 3.58. The third kappa shape index (κ3) is 39.7. The molecule has 0 aromatic carbocycles. The van der Waals surface area contributed by atoms with Crippen molar-refractivity contribution in [3.8, 4) is 0 Å². The van der Waals surface area contributed by atoms with Crippen molar-refractivity contribution in [2.75, 3.05) is 0 Å². The van der Waals surface area contributed by atoms with Crippen molar-refractivity contribution < 1.29 is 14.1 Å². The molecule has 0 heterocycles. The Balaban J connectivity index is -0.0000000450.